The molecular formula is C26H30F3NO2. The third kappa shape index (κ3) is 6.26. The number of hydrogen-bond donors (Lipinski definition) is 1. The Morgan fingerprint density at radius 2 is 1.97 bits per heavy atom. The van der Waals surface area contributed by atoms with E-state index in [9.17, 15) is 23.1 Å². The maximum Gasteiger partial charge on any atom is 0.416 e. The first kappa shape index (κ1) is 24.1. The van der Waals surface area contributed by atoms with E-state index in [1.165, 1.54) is 12.1 Å². The molecule has 0 spiro atoms. The Morgan fingerprint density at radius 3 is 2.53 bits per heavy atom. The second kappa shape index (κ2) is 10.4. The molecule has 1 aromatic carbocycles. The average molecular weight is 446 g/mol. The molecule has 0 amide bonds. The number of allylic oxidation sites excluding steroid dienone is 3. The summed E-state index contributed by atoms with van der Waals surface area (Å²) in [7, 11) is 0. The van der Waals surface area contributed by atoms with Gasteiger partial charge < -0.3 is 5.11 Å². The fraction of sp³-hybridized carbons (Fsp3) is 0.500. The summed E-state index contributed by atoms with van der Waals surface area (Å²) in [6.45, 7) is 6.42. The van der Waals surface area contributed by atoms with E-state index in [0.29, 0.717) is 18.9 Å². The Bertz CT molecular complexity index is 908. The Labute approximate surface area is 188 Å². The molecule has 32 heavy (non-hydrogen) atoms. The van der Waals surface area contributed by atoms with E-state index in [2.05, 4.69) is 35.5 Å². The summed E-state index contributed by atoms with van der Waals surface area (Å²) in [5, 5.41) is 9.29. The first-order valence-electron chi connectivity index (χ1n) is 11.1. The quantitative estimate of drug-likeness (QED) is 0.431. The number of aliphatic carboxylic acids is 1. The van der Waals surface area contributed by atoms with Crippen LogP contribution in [-0.4, -0.2) is 28.6 Å². The van der Waals surface area contributed by atoms with Crippen molar-refractivity contribution in [1.82, 2.24) is 4.90 Å². The number of alkyl halides is 3. The number of piperidine rings is 1. The zero-order chi connectivity index (χ0) is 23.3. The lowest BCUT2D eigenvalue weighted by atomic mass is 9.80. The van der Waals surface area contributed by atoms with Crippen molar-refractivity contribution in [2.45, 2.75) is 63.7 Å². The fourth-order valence-corrected chi connectivity index (χ4v) is 4.82. The molecular weight excluding hydrogens is 415 g/mol. The number of benzene rings is 1. The Kier molecular flexibility index (Phi) is 7.84. The molecule has 6 heteroatoms. The molecule has 0 aromatic heterocycles. The molecule has 2 aliphatic rings. The first-order chi connectivity index (χ1) is 15.1. The van der Waals surface area contributed by atoms with Crippen molar-refractivity contribution in [2.24, 2.45) is 11.8 Å². The summed E-state index contributed by atoms with van der Waals surface area (Å²) in [5.41, 5.74) is 0.872. The molecule has 3 rings (SSSR count). The van der Waals surface area contributed by atoms with Gasteiger partial charge in [-0.1, -0.05) is 42.7 Å². The van der Waals surface area contributed by atoms with Gasteiger partial charge >= 0.3 is 12.1 Å². The summed E-state index contributed by atoms with van der Waals surface area (Å²) in [6.07, 6.45) is 4.24. The molecule has 1 heterocycles. The minimum atomic E-state index is -4.39. The predicted octanol–water partition coefficient (Wildman–Crippen LogP) is 6.24. The Hall–Kier alpha value is -2.52. The van der Waals surface area contributed by atoms with E-state index in [4.69, 9.17) is 0 Å². The van der Waals surface area contributed by atoms with Crippen LogP contribution < -0.4 is 0 Å². The van der Waals surface area contributed by atoms with Crippen LogP contribution in [0, 0.1) is 23.7 Å². The summed E-state index contributed by atoms with van der Waals surface area (Å²) in [5.74, 6) is 5.99. The summed E-state index contributed by atoms with van der Waals surface area (Å²) in [6, 6.07) is 5.07. The molecule has 1 aliphatic carbocycles. The number of likely N-dealkylation sites (tertiary alicyclic amines) is 1. The van der Waals surface area contributed by atoms with Gasteiger partial charge in [-0.15, -0.1) is 0 Å². The van der Waals surface area contributed by atoms with Crippen LogP contribution in [0.4, 0.5) is 13.2 Å². The SMILES string of the molecule is C=C(C)C#C[C@@H](C1CC=CCC1)N1CC[C@H](CC(=O)O)C[C@@H]1c1ccc(C(F)(F)F)cc1. The standard InChI is InChI=1S/C26H30F3NO2/c1-18(2)8-13-23(20-6-4-3-5-7-20)30-15-14-19(17-25(31)32)16-24(30)21-9-11-22(12-10-21)26(27,28)29/h3-4,9-12,19-20,23-24H,1,5-7,14-17H2,2H3,(H,31,32)/t19-,20?,23-,24+/m0/s1. The molecule has 0 saturated carbocycles. The topological polar surface area (TPSA) is 40.5 Å². The van der Waals surface area contributed by atoms with Crippen LogP contribution in [-0.2, 0) is 11.0 Å². The molecule has 1 N–H and O–H groups in total. The van der Waals surface area contributed by atoms with E-state index < -0.39 is 17.7 Å². The number of halogens is 3. The van der Waals surface area contributed by atoms with Crippen molar-refractivity contribution >= 4 is 5.97 Å². The third-order valence-electron chi connectivity index (χ3n) is 6.39. The minimum Gasteiger partial charge on any atom is -0.481 e. The lowest BCUT2D eigenvalue weighted by Crippen LogP contribution is -2.47. The van der Waals surface area contributed by atoms with E-state index in [1.54, 1.807) is 0 Å². The van der Waals surface area contributed by atoms with E-state index in [1.807, 2.05) is 6.92 Å². The van der Waals surface area contributed by atoms with Crippen LogP contribution in [0.25, 0.3) is 0 Å². The summed E-state index contributed by atoms with van der Waals surface area (Å²) in [4.78, 5) is 13.6. The molecule has 0 radical (unpaired) electrons. The number of carbonyl (C=O) groups is 1. The van der Waals surface area contributed by atoms with Gasteiger partial charge in [-0.25, -0.2) is 0 Å². The van der Waals surface area contributed by atoms with Crippen molar-refractivity contribution in [3.05, 3.63) is 59.7 Å². The van der Waals surface area contributed by atoms with Crippen molar-refractivity contribution in [2.75, 3.05) is 6.54 Å². The lowest BCUT2D eigenvalue weighted by molar-refractivity contribution is -0.139. The van der Waals surface area contributed by atoms with Crippen LogP contribution in [0.3, 0.4) is 0 Å². The maximum atomic E-state index is 13.1. The highest BCUT2D eigenvalue weighted by molar-refractivity contribution is 5.67. The van der Waals surface area contributed by atoms with Crippen LogP contribution in [0.5, 0.6) is 0 Å². The predicted molar refractivity (Wildman–Crippen MR) is 119 cm³/mol. The number of rotatable bonds is 5. The zero-order valence-electron chi connectivity index (χ0n) is 18.4. The normalized spacial score (nSPS) is 24.9. The van der Waals surface area contributed by atoms with Crippen LogP contribution in [0.2, 0.25) is 0 Å². The van der Waals surface area contributed by atoms with Crippen molar-refractivity contribution in [3.63, 3.8) is 0 Å². The third-order valence-corrected chi connectivity index (χ3v) is 6.39. The zero-order valence-corrected chi connectivity index (χ0v) is 18.4. The molecule has 1 fully saturated rings. The molecule has 1 unspecified atom stereocenters. The summed E-state index contributed by atoms with van der Waals surface area (Å²) >= 11 is 0. The molecule has 172 valence electrons. The second-order valence-electron chi connectivity index (χ2n) is 8.90. The second-order valence-corrected chi connectivity index (χ2v) is 8.90. The molecule has 4 atom stereocenters. The summed E-state index contributed by atoms with van der Waals surface area (Å²) < 4.78 is 39.2. The van der Waals surface area contributed by atoms with Crippen molar-refractivity contribution < 1.29 is 23.1 Å². The van der Waals surface area contributed by atoms with E-state index in [-0.39, 0.29) is 24.4 Å². The van der Waals surface area contributed by atoms with Crippen LogP contribution >= 0.6 is 0 Å². The highest BCUT2D eigenvalue weighted by Gasteiger charge is 2.38. The lowest BCUT2D eigenvalue weighted by Gasteiger charge is -2.45. The fourth-order valence-electron chi connectivity index (χ4n) is 4.82. The van der Waals surface area contributed by atoms with E-state index >= 15 is 0 Å². The van der Waals surface area contributed by atoms with Gasteiger partial charge in [0.25, 0.3) is 0 Å². The van der Waals surface area contributed by atoms with Gasteiger partial charge in [0.15, 0.2) is 0 Å². The van der Waals surface area contributed by atoms with E-state index in [0.717, 1.165) is 49.0 Å². The Morgan fingerprint density at radius 1 is 1.25 bits per heavy atom. The molecule has 1 aliphatic heterocycles. The number of nitrogens with zero attached hydrogens (tertiary/aromatic N) is 1. The first-order valence-corrected chi connectivity index (χ1v) is 11.1. The highest BCUT2D eigenvalue weighted by atomic mass is 19.4. The minimum absolute atomic E-state index is 0.0166. The smallest absolute Gasteiger partial charge is 0.416 e. The Balaban J connectivity index is 1.96. The monoisotopic (exact) mass is 445 g/mol. The molecule has 0 bridgehead atoms. The number of hydrogen-bond acceptors (Lipinski definition) is 2. The van der Waals surface area contributed by atoms with Gasteiger partial charge in [0.1, 0.15) is 0 Å². The molecule has 3 nitrogen and oxygen atoms in total. The molecule has 1 aromatic rings. The van der Waals surface area contributed by atoms with Crippen molar-refractivity contribution in [3.8, 4) is 11.8 Å². The number of carboxylic acid groups (broad SMARTS) is 1. The van der Waals surface area contributed by atoms with Crippen LogP contribution in [0.1, 0.15) is 62.6 Å². The number of carboxylic acids is 1. The van der Waals surface area contributed by atoms with Gasteiger partial charge in [0.05, 0.1) is 11.6 Å². The largest absolute Gasteiger partial charge is 0.481 e. The van der Waals surface area contributed by atoms with Gasteiger partial charge in [-0.05, 0) is 74.1 Å². The van der Waals surface area contributed by atoms with Crippen molar-refractivity contribution in [1.29, 1.82) is 0 Å². The van der Waals surface area contributed by atoms with Crippen LogP contribution in [0.15, 0.2) is 48.6 Å². The molecule has 1 saturated heterocycles. The van der Waals surface area contributed by atoms with Gasteiger partial charge in [-0.2, -0.15) is 13.2 Å². The highest BCUT2D eigenvalue weighted by Crippen LogP contribution is 2.40. The average Bonchev–Trinajstić information content (AvgIpc) is 2.74. The van der Waals surface area contributed by atoms with Gasteiger partial charge in [0.2, 0.25) is 0 Å². The van der Waals surface area contributed by atoms with Gasteiger partial charge in [0, 0.05) is 19.0 Å². The maximum absolute atomic E-state index is 13.1. The van der Waals surface area contributed by atoms with Gasteiger partial charge in [-0.3, -0.25) is 9.69 Å².